The van der Waals surface area contributed by atoms with Gasteiger partial charge in [0.25, 0.3) is 0 Å². The maximum Gasteiger partial charge on any atom is 0.0771 e. The lowest BCUT2D eigenvalue weighted by atomic mass is 9.81. The third kappa shape index (κ3) is 16.1. The summed E-state index contributed by atoms with van der Waals surface area (Å²) in [6, 6.07) is 3.93. The zero-order valence-electron chi connectivity index (χ0n) is 19.6. The van der Waals surface area contributed by atoms with Gasteiger partial charge in [-0.1, -0.05) is 81.1 Å². The predicted octanol–water partition coefficient (Wildman–Crippen LogP) is 5.41. The summed E-state index contributed by atoms with van der Waals surface area (Å²) in [7, 11) is 0. The number of nitriles is 1. The van der Waals surface area contributed by atoms with Crippen LogP contribution < -0.4 is 10.6 Å². The highest BCUT2D eigenvalue weighted by Crippen LogP contribution is 2.28. The van der Waals surface area contributed by atoms with Crippen LogP contribution in [0.5, 0.6) is 0 Å². The van der Waals surface area contributed by atoms with Crippen molar-refractivity contribution in [1.82, 2.24) is 10.6 Å². The fourth-order valence-electron chi connectivity index (χ4n) is 2.93. The van der Waals surface area contributed by atoms with Crippen molar-refractivity contribution in [2.75, 3.05) is 6.54 Å². The van der Waals surface area contributed by atoms with Gasteiger partial charge in [0.05, 0.1) is 11.7 Å². The Labute approximate surface area is 170 Å². The van der Waals surface area contributed by atoms with Gasteiger partial charge in [0.1, 0.15) is 0 Å². The van der Waals surface area contributed by atoms with Crippen molar-refractivity contribution in [2.24, 2.45) is 5.92 Å². The Morgan fingerprint density at radius 1 is 1.00 bits per heavy atom. The second-order valence-electron chi connectivity index (χ2n) is 8.28. The quantitative estimate of drug-likeness (QED) is 0.574. The van der Waals surface area contributed by atoms with Gasteiger partial charge in [0, 0.05) is 30.6 Å². The monoisotopic (exact) mass is 383 g/mol. The summed E-state index contributed by atoms with van der Waals surface area (Å²) in [6.07, 6.45) is 9.08. The normalized spacial score (nSPS) is 22.3. The first-order chi connectivity index (χ1) is 12.8. The van der Waals surface area contributed by atoms with E-state index in [-0.39, 0.29) is 5.60 Å². The summed E-state index contributed by atoms with van der Waals surface area (Å²) in [6.45, 7) is 17.6. The van der Waals surface area contributed by atoms with Crippen LogP contribution in [0.4, 0.5) is 0 Å². The third-order valence-corrected chi connectivity index (χ3v) is 4.76. The van der Waals surface area contributed by atoms with Gasteiger partial charge < -0.3 is 15.7 Å². The Balaban J connectivity index is 0. The first kappa shape index (κ1) is 28.6. The fourth-order valence-corrected chi connectivity index (χ4v) is 2.93. The summed E-state index contributed by atoms with van der Waals surface area (Å²) in [5, 5.41) is 25.0. The van der Waals surface area contributed by atoms with E-state index in [4.69, 9.17) is 5.26 Å². The topological polar surface area (TPSA) is 68.1 Å². The van der Waals surface area contributed by atoms with Crippen LogP contribution >= 0.6 is 0 Å². The van der Waals surface area contributed by atoms with Crippen molar-refractivity contribution in [2.45, 2.75) is 130 Å². The minimum atomic E-state index is -0.385. The minimum Gasteiger partial charge on any atom is -0.389 e. The summed E-state index contributed by atoms with van der Waals surface area (Å²) in [5.74, 6) is 0.330. The summed E-state index contributed by atoms with van der Waals surface area (Å²) in [4.78, 5) is 0. The Morgan fingerprint density at radius 3 is 1.81 bits per heavy atom. The van der Waals surface area contributed by atoms with E-state index in [0.717, 1.165) is 32.2 Å². The number of hydrogen-bond acceptors (Lipinski definition) is 4. The van der Waals surface area contributed by atoms with E-state index in [1.807, 2.05) is 13.8 Å². The van der Waals surface area contributed by atoms with Crippen molar-refractivity contribution in [3.63, 3.8) is 0 Å². The van der Waals surface area contributed by atoms with E-state index < -0.39 is 0 Å². The third-order valence-electron chi connectivity index (χ3n) is 4.76. The molecular formula is C23H49N3O. The first-order valence-corrected chi connectivity index (χ1v) is 11.4. The van der Waals surface area contributed by atoms with Crippen LogP contribution in [-0.4, -0.2) is 35.4 Å². The zero-order chi connectivity index (χ0) is 21.3. The SMILES string of the molecule is CC.CC(C)NC1CC(C#N)C1.CC(C)NCC1(O)CCCC1.CCCC. The average Bonchev–Trinajstić information content (AvgIpc) is 3.05. The molecule has 162 valence electrons. The first-order valence-electron chi connectivity index (χ1n) is 11.4. The van der Waals surface area contributed by atoms with Crippen LogP contribution in [0.3, 0.4) is 0 Å². The average molecular weight is 384 g/mol. The fraction of sp³-hybridized carbons (Fsp3) is 0.957. The number of aliphatic hydroxyl groups is 1. The molecule has 0 heterocycles. The Hall–Kier alpha value is -0.630. The number of unbranched alkanes of at least 4 members (excludes halogenated alkanes) is 1. The predicted molar refractivity (Wildman–Crippen MR) is 119 cm³/mol. The Kier molecular flexibility index (Phi) is 18.5. The van der Waals surface area contributed by atoms with Crippen molar-refractivity contribution >= 4 is 0 Å². The van der Waals surface area contributed by atoms with Gasteiger partial charge in [0.2, 0.25) is 0 Å². The van der Waals surface area contributed by atoms with E-state index >= 15 is 0 Å². The molecule has 0 aromatic rings. The molecule has 0 amide bonds. The summed E-state index contributed by atoms with van der Waals surface area (Å²) < 4.78 is 0. The van der Waals surface area contributed by atoms with Gasteiger partial charge in [-0.05, 0) is 25.7 Å². The largest absolute Gasteiger partial charge is 0.389 e. The molecule has 2 fully saturated rings. The van der Waals surface area contributed by atoms with Gasteiger partial charge in [-0.3, -0.25) is 0 Å². The van der Waals surface area contributed by atoms with Crippen molar-refractivity contribution < 1.29 is 5.11 Å². The lowest BCUT2D eigenvalue weighted by Crippen LogP contribution is -2.43. The van der Waals surface area contributed by atoms with E-state index in [2.05, 4.69) is 58.2 Å². The van der Waals surface area contributed by atoms with Crippen LogP contribution in [0.15, 0.2) is 0 Å². The van der Waals surface area contributed by atoms with Gasteiger partial charge >= 0.3 is 0 Å². The molecule has 0 atom stereocenters. The van der Waals surface area contributed by atoms with E-state index in [9.17, 15) is 5.11 Å². The van der Waals surface area contributed by atoms with E-state index in [1.54, 1.807) is 0 Å². The molecule has 4 nitrogen and oxygen atoms in total. The molecule has 2 aliphatic carbocycles. The molecule has 3 N–H and O–H groups in total. The van der Waals surface area contributed by atoms with Crippen LogP contribution in [-0.2, 0) is 0 Å². The van der Waals surface area contributed by atoms with E-state index in [0.29, 0.717) is 24.0 Å². The molecule has 0 aliphatic heterocycles. The molecule has 4 heteroatoms. The second-order valence-corrected chi connectivity index (χ2v) is 8.28. The smallest absolute Gasteiger partial charge is 0.0771 e. The van der Waals surface area contributed by atoms with Gasteiger partial charge in [0.15, 0.2) is 0 Å². The Bertz CT molecular complexity index is 349. The number of hydrogen-bond donors (Lipinski definition) is 3. The van der Waals surface area contributed by atoms with Crippen molar-refractivity contribution in [3.8, 4) is 6.07 Å². The summed E-state index contributed by atoms with van der Waals surface area (Å²) in [5.41, 5.74) is -0.385. The molecule has 0 spiro atoms. The molecule has 0 unspecified atom stereocenters. The molecule has 0 radical (unpaired) electrons. The lowest BCUT2D eigenvalue weighted by molar-refractivity contribution is 0.0459. The van der Waals surface area contributed by atoms with Crippen molar-refractivity contribution in [3.05, 3.63) is 0 Å². The molecule has 0 aromatic heterocycles. The highest BCUT2D eigenvalue weighted by atomic mass is 16.3. The van der Waals surface area contributed by atoms with Gasteiger partial charge in [-0.25, -0.2) is 0 Å². The lowest BCUT2D eigenvalue weighted by Gasteiger charge is -2.32. The van der Waals surface area contributed by atoms with E-state index in [1.165, 1.54) is 25.7 Å². The van der Waals surface area contributed by atoms with Crippen LogP contribution in [0.25, 0.3) is 0 Å². The molecule has 0 saturated heterocycles. The Morgan fingerprint density at radius 2 is 1.48 bits per heavy atom. The van der Waals surface area contributed by atoms with Gasteiger partial charge in [-0.2, -0.15) is 5.26 Å². The molecule has 2 saturated carbocycles. The molecule has 0 bridgehead atoms. The summed E-state index contributed by atoms with van der Waals surface area (Å²) >= 11 is 0. The van der Waals surface area contributed by atoms with Crippen molar-refractivity contribution in [1.29, 1.82) is 5.26 Å². The molecule has 2 aliphatic rings. The maximum atomic E-state index is 9.88. The van der Waals surface area contributed by atoms with Crippen LogP contribution in [0, 0.1) is 17.2 Å². The maximum absolute atomic E-state index is 9.88. The highest BCUT2D eigenvalue weighted by molar-refractivity contribution is 4.97. The molecule has 2 rings (SSSR count). The van der Waals surface area contributed by atoms with Crippen LogP contribution in [0.2, 0.25) is 0 Å². The number of nitrogens with zero attached hydrogens (tertiary/aromatic N) is 1. The highest BCUT2D eigenvalue weighted by Gasteiger charge is 2.30. The molecule has 27 heavy (non-hydrogen) atoms. The minimum absolute atomic E-state index is 0.330. The standard InChI is InChI=1S/C9H19NO.C8H14N2.C4H10.C2H6/c1-8(2)10-7-9(11)5-3-4-6-9;1-6(2)10-8-3-7(4-8)5-9;1-3-4-2;1-2/h8,10-11H,3-7H2,1-2H3;6-8,10H,3-4H2,1-2H3;3-4H2,1-2H3;1-2H3. The van der Waals surface area contributed by atoms with Crippen LogP contribution in [0.1, 0.15) is 107 Å². The van der Waals surface area contributed by atoms with Gasteiger partial charge in [-0.15, -0.1) is 0 Å². The molecular weight excluding hydrogens is 334 g/mol. The number of nitrogens with one attached hydrogen (secondary N) is 2. The second kappa shape index (κ2) is 17.5. The zero-order valence-corrected chi connectivity index (χ0v) is 19.6. The number of rotatable bonds is 6. The molecule has 0 aromatic carbocycles.